The zero-order valence-corrected chi connectivity index (χ0v) is 10.8. The third-order valence-corrected chi connectivity index (χ3v) is 4.10. The van der Waals surface area contributed by atoms with E-state index >= 15 is 0 Å². The van der Waals surface area contributed by atoms with Gasteiger partial charge in [-0.05, 0) is 13.3 Å². The number of hydrogen-bond donors (Lipinski definition) is 0. The van der Waals surface area contributed by atoms with Crippen molar-refractivity contribution in [2.24, 2.45) is 0 Å². The van der Waals surface area contributed by atoms with Crippen LogP contribution in [0.5, 0.6) is 0 Å². The number of nitrogens with zero attached hydrogens (tertiary/aromatic N) is 1. The maximum absolute atomic E-state index is 5.98. The normalized spacial score (nSPS) is 19.9. The number of thiazole rings is 1. The van der Waals surface area contributed by atoms with Crippen molar-refractivity contribution in [3.8, 4) is 0 Å². The number of ether oxygens (including phenoxy) is 2. The van der Waals surface area contributed by atoms with Crippen molar-refractivity contribution in [2.75, 3.05) is 19.8 Å². The number of aromatic nitrogens is 1. The molecule has 1 fully saturated rings. The Hall–Kier alpha value is -0.450. The van der Waals surface area contributed by atoms with Crippen molar-refractivity contribution >= 4 is 11.3 Å². The van der Waals surface area contributed by atoms with E-state index in [0.29, 0.717) is 0 Å². The highest BCUT2D eigenvalue weighted by Gasteiger charge is 2.37. The van der Waals surface area contributed by atoms with Crippen molar-refractivity contribution in [1.29, 1.82) is 0 Å². The monoisotopic (exact) mass is 241 g/mol. The van der Waals surface area contributed by atoms with Gasteiger partial charge >= 0.3 is 0 Å². The van der Waals surface area contributed by atoms with Gasteiger partial charge in [0.05, 0.1) is 5.69 Å². The number of rotatable bonds is 4. The summed E-state index contributed by atoms with van der Waals surface area (Å²) < 4.78 is 11.4. The molecule has 1 aliphatic rings. The third kappa shape index (κ3) is 2.29. The molecule has 0 spiro atoms. The Balaban J connectivity index is 2.23. The van der Waals surface area contributed by atoms with Gasteiger partial charge in [0.1, 0.15) is 10.6 Å². The van der Waals surface area contributed by atoms with Crippen molar-refractivity contribution in [1.82, 2.24) is 4.98 Å². The van der Waals surface area contributed by atoms with E-state index < -0.39 is 0 Å². The topological polar surface area (TPSA) is 31.4 Å². The fraction of sp³-hybridized carbons (Fsp3) is 0.750. The van der Waals surface area contributed by atoms with Gasteiger partial charge in [-0.25, -0.2) is 4.98 Å². The molecular weight excluding hydrogens is 222 g/mol. The van der Waals surface area contributed by atoms with Crippen LogP contribution in [0, 0.1) is 0 Å². The SMILES string of the molecule is CCOC1(c2nc(CC)cs2)CCOCC1. The van der Waals surface area contributed by atoms with Gasteiger partial charge < -0.3 is 9.47 Å². The van der Waals surface area contributed by atoms with Gasteiger partial charge in [0.15, 0.2) is 0 Å². The summed E-state index contributed by atoms with van der Waals surface area (Å²) in [6, 6.07) is 0. The Labute approximate surface area is 101 Å². The molecule has 16 heavy (non-hydrogen) atoms. The molecule has 4 heteroatoms. The fourth-order valence-corrected chi connectivity index (χ4v) is 3.19. The summed E-state index contributed by atoms with van der Waals surface area (Å²) in [6.07, 6.45) is 2.85. The maximum atomic E-state index is 5.98. The fourth-order valence-electron chi connectivity index (χ4n) is 2.08. The lowest BCUT2D eigenvalue weighted by molar-refractivity contribution is -0.112. The summed E-state index contributed by atoms with van der Waals surface area (Å²) in [5.41, 5.74) is 0.996. The Morgan fingerprint density at radius 3 is 2.75 bits per heavy atom. The van der Waals surface area contributed by atoms with Gasteiger partial charge in [-0.1, -0.05) is 6.92 Å². The van der Waals surface area contributed by atoms with Crippen LogP contribution in [-0.2, 0) is 21.5 Å². The van der Waals surface area contributed by atoms with E-state index in [9.17, 15) is 0 Å². The Bertz CT molecular complexity index is 326. The summed E-state index contributed by atoms with van der Waals surface area (Å²) in [5, 5.41) is 3.28. The van der Waals surface area contributed by atoms with Crippen LogP contribution in [0.25, 0.3) is 0 Å². The lowest BCUT2D eigenvalue weighted by Crippen LogP contribution is -2.36. The molecule has 0 unspecified atom stereocenters. The minimum absolute atomic E-state index is 0.176. The average molecular weight is 241 g/mol. The Kier molecular flexibility index (Phi) is 3.95. The quantitative estimate of drug-likeness (QED) is 0.812. The van der Waals surface area contributed by atoms with Crippen molar-refractivity contribution < 1.29 is 9.47 Å². The van der Waals surface area contributed by atoms with Crippen LogP contribution in [0.2, 0.25) is 0 Å². The van der Waals surface area contributed by atoms with Crippen LogP contribution >= 0.6 is 11.3 Å². The second-order valence-corrected chi connectivity index (χ2v) is 4.90. The molecule has 2 heterocycles. The van der Waals surface area contributed by atoms with Crippen molar-refractivity contribution in [3.63, 3.8) is 0 Å². The maximum Gasteiger partial charge on any atom is 0.125 e. The Morgan fingerprint density at radius 2 is 2.19 bits per heavy atom. The van der Waals surface area contributed by atoms with Gasteiger partial charge in [0, 0.05) is 38.0 Å². The smallest absolute Gasteiger partial charge is 0.125 e. The van der Waals surface area contributed by atoms with E-state index in [4.69, 9.17) is 9.47 Å². The molecule has 1 saturated heterocycles. The van der Waals surface area contributed by atoms with E-state index in [2.05, 4.69) is 17.3 Å². The van der Waals surface area contributed by atoms with Crippen LogP contribution in [0.4, 0.5) is 0 Å². The van der Waals surface area contributed by atoms with E-state index in [0.717, 1.165) is 44.1 Å². The molecule has 0 aromatic carbocycles. The molecule has 0 saturated carbocycles. The van der Waals surface area contributed by atoms with Crippen LogP contribution < -0.4 is 0 Å². The number of hydrogen-bond acceptors (Lipinski definition) is 4. The van der Waals surface area contributed by atoms with Crippen LogP contribution in [0.3, 0.4) is 0 Å². The molecule has 3 nitrogen and oxygen atoms in total. The first-order valence-corrected chi connectivity index (χ1v) is 6.85. The molecule has 90 valence electrons. The summed E-state index contributed by atoms with van der Waals surface area (Å²) in [4.78, 5) is 4.68. The highest BCUT2D eigenvalue weighted by atomic mass is 32.1. The van der Waals surface area contributed by atoms with Crippen molar-refractivity contribution in [2.45, 2.75) is 38.7 Å². The van der Waals surface area contributed by atoms with Gasteiger partial charge in [0.25, 0.3) is 0 Å². The first-order valence-electron chi connectivity index (χ1n) is 5.97. The first-order chi connectivity index (χ1) is 7.80. The number of aryl methyl sites for hydroxylation is 1. The van der Waals surface area contributed by atoms with E-state index in [1.807, 2.05) is 6.92 Å². The minimum atomic E-state index is -0.176. The molecule has 0 atom stereocenters. The molecule has 1 aromatic rings. The van der Waals surface area contributed by atoms with E-state index in [-0.39, 0.29) is 5.60 Å². The third-order valence-electron chi connectivity index (χ3n) is 3.02. The zero-order chi connectivity index (χ0) is 11.4. The molecule has 0 bridgehead atoms. The average Bonchev–Trinajstić information content (AvgIpc) is 2.80. The van der Waals surface area contributed by atoms with Crippen molar-refractivity contribution in [3.05, 3.63) is 16.1 Å². The van der Waals surface area contributed by atoms with Gasteiger partial charge in [-0.15, -0.1) is 11.3 Å². The zero-order valence-electron chi connectivity index (χ0n) is 9.99. The Morgan fingerprint density at radius 1 is 1.44 bits per heavy atom. The first kappa shape index (κ1) is 12.0. The van der Waals surface area contributed by atoms with Crippen LogP contribution in [0.1, 0.15) is 37.4 Å². The molecule has 1 aliphatic heterocycles. The lowest BCUT2D eigenvalue weighted by atomic mass is 9.95. The second-order valence-electron chi connectivity index (χ2n) is 4.04. The molecule has 1 aromatic heterocycles. The lowest BCUT2D eigenvalue weighted by Gasteiger charge is -2.35. The van der Waals surface area contributed by atoms with E-state index in [1.165, 1.54) is 5.69 Å². The van der Waals surface area contributed by atoms with Gasteiger partial charge in [0.2, 0.25) is 0 Å². The summed E-state index contributed by atoms with van der Waals surface area (Å²) >= 11 is 1.73. The molecule has 2 rings (SSSR count). The molecule has 0 N–H and O–H groups in total. The second kappa shape index (κ2) is 5.25. The molecule has 0 aliphatic carbocycles. The van der Waals surface area contributed by atoms with E-state index in [1.54, 1.807) is 11.3 Å². The summed E-state index contributed by atoms with van der Waals surface area (Å²) in [6.45, 7) is 6.48. The highest BCUT2D eigenvalue weighted by molar-refractivity contribution is 7.09. The minimum Gasteiger partial charge on any atom is -0.381 e. The van der Waals surface area contributed by atoms with Crippen LogP contribution in [-0.4, -0.2) is 24.8 Å². The molecular formula is C12H19NO2S. The summed E-state index contributed by atoms with van der Waals surface area (Å²) in [7, 11) is 0. The molecule has 0 amide bonds. The van der Waals surface area contributed by atoms with Crippen LogP contribution in [0.15, 0.2) is 5.38 Å². The standard InChI is InChI=1S/C12H19NO2S/c1-3-10-9-16-11(13-10)12(15-4-2)5-7-14-8-6-12/h9H,3-8H2,1-2H3. The summed E-state index contributed by atoms with van der Waals surface area (Å²) in [5.74, 6) is 0. The largest absolute Gasteiger partial charge is 0.381 e. The van der Waals surface area contributed by atoms with Gasteiger partial charge in [-0.2, -0.15) is 0 Å². The molecule has 0 radical (unpaired) electrons. The van der Waals surface area contributed by atoms with Gasteiger partial charge in [-0.3, -0.25) is 0 Å². The highest BCUT2D eigenvalue weighted by Crippen LogP contribution is 2.37. The predicted molar refractivity (Wildman–Crippen MR) is 64.8 cm³/mol. The predicted octanol–water partition coefficient (Wildman–Crippen LogP) is 2.75.